The van der Waals surface area contributed by atoms with Crippen molar-refractivity contribution in [2.24, 2.45) is 0 Å². The van der Waals surface area contributed by atoms with Crippen LogP contribution >= 0.6 is 7.82 Å². The smallest absolute Gasteiger partial charge is 0.306 e. The number of esters is 1. The second-order valence-electron chi connectivity index (χ2n) is 20.8. The molecular formula is C59H111N2O7P. The Hall–Kier alpha value is -2.03. The third-order valence-corrected chi connectivity index (χ3v) is 13.7. The average Bonchev–Trinajstić information content (AvgIpc) is 3.31. The molecule has 3 atom stereocenters. The lowest BCUT2D eigenvalue weighted by Crippen LogP contribution is -2.47. The Morgan fingerprint density at radius 1 is 0.507 bits per heavy atom. The number of amides is 1. The molecule has 0 aliphatic heterocycles. The first-order valence-corrected chi connectivity index (χ1v) is 30.4. The number of ether oxygens (including phenoxy) is 1. The Balaban J connectivity index is 5.22. The van der Waals surface area contributed by atoms with Gasteiger partial charge in [-0.25, -0.2) is 0 Å². The van der Waals surface area contributed by atoms with Gasteiger partial charge in [-0.05, 0) is 70.3 Å². The van der Waals surface area contributed by atoms with Crippen molar-refractivity contribution in [2.45, 2.75) is 277 Å². The van der Waals surface area contributed by atoms with Crippen LogP contribution < -0.4 is 10.2 Å². The van der Waals surface area contributed by atoms with Gasteiger partial charge in [0.15, 0.2) is 0 Å². The van der Waals surface area contributed by atoms with Crippen LogP contribution in [0.2, 0.25) is 0 Å². The Morgan fingerprint density at radius 3 is 1.35 bits per heavy atom. The maximum atomic E-state index is 13.5. The van der Waals surface area contributed by atoms with Crippen molar-refractivity contribution >= 4 is 19.7 Å². The summed E-state index contributed by atoms with van der Waals surface area (Å²) in [5.41, 5.74) is 0. The molecule has 1 amide bonds. The van der Waals surface area contributed by atoms with E-state index >= 15 is 0 Å². The zero-order valence-corrected chi connectivity index (χ0v) is 46.9. The van der Waals surface area contributed by atoms with Crippen molar-refractivity contribution in [3.05, 3.63) is 48.6 Å². The summed E-state index contributed by atoms with van der Waals surface area (Å²) < 4.78 is 30.2. The van der Waals surface area contributed by atoms with Crippen LogP contribution in [0.15, 0.2) is 48.6 Å². The highest BCUT2D eigenvalue weighted by Gasteiger charge is 2.27. The number of hydrogen-bond donors (Lipinski definition) is 1. The summed E-state index contributed by atoms with van der Waals surface area (Å²) in [6, 6.07) is -0.888. The van der Waals surface area contributed by atoms with Crippen LogP contribution in [0.1, 0.15) is 265 Å². The lowest BCUT2D eigenvalue weighted by atomic mass is 10.0. The molecule has 0 aromatic heterocycles. The second-order valence-corrected chi connectivity index (χ2v) is 22.2. The third-order valence-electron chi connectivity index (χ3n) is 12.8. The molecule has 0 heterocycles. The molecular weight excluding hydrogens is 880 g/mol. The van der Waals surface area contributed by atoms with Crippen LogP contribution in [0, 0.1) is 0 Å². The number of carbonyl (C=O) groups excluding carboxylic acids is 2. The molecule has 3 unspecified atom stereocenters. The van der Waals surface area contributed by atoms with Gasteiger partial charge in [-0.15, -0.1) is 0 Å². The summed E-state index contributed by atoms with van der Waals surface area (Å²) in [6.45, 7) is 6.80. The van der Waals surface area contributed by atoms with E-state index in [9.17, 15) is 19.0 Å². The normalized spacial score (nSPS) is 14.1. The highest BCUT2D eigenvalue weighted by molar-refractivity contribution is 7.45. The largest absolute Gasteiger partial charge is 0.756 e. The first-order chi connectivity index (χ1) is 33.4. The molecule has 0 aromatic rings. The van der Waals surface area contributed by atoms with Gasteiger partial charge in [0.2, 0.25) is 5.91 Å². The molecule has 10 heteroatoms. The molecule has 0 aromatic carbocycles. The van der Waals surface area contributed by atoms with Crippen molar-refractivity contribution in [2.75, 3.05) is 40.9 Å². The van der Waals surface area contributed by atoms with Gasteiger partial charge in [0, 0.05) is 12.8 Å². The van der Waals surface area contributed by atoms with Crippen molar-refractivity contribution in [3.63, 3.8) is 0 Å². The van der Waals surface area contributed by atoms with Crippen LogP contribution in [0.25, 0.3) is 0 Å². The van der Waals surface area contributed by atoms with E-state index in [1.807, 2.05) is 33.3 Å². The number of allylic oxidation sites excluding steroid dienone is 7. The molecule has 0 saturated heterocycles. The van der Waals surface area contributed by atoms with Crippen molar-refractivity contribution in [1.82, 2.24) is 5.32 Å². The monoisotopic (exact) mass is 991 g/mol. The highest BCUT2D eigenvalue weighted by Crippen LogP contribution is 2.38. The van der Waals surface area contributed by atoms with E-state index in [0.29, 0.717) is 17.4 Å². The van der Waals surface area contributed by atoms with Crippen LogP contribution in [-0.4, -0.2) is 69.4 Å². The molecule has 0 saturated carbocycles. The SMILES string of the molecule is CCCCC/C=C\C/C=C\C/C=C\CCCCCCCCCCC(=O)NC(COP(=O)([O-])OCC[N+](C)(C)C)C(/C=C\CCCCCCCCCCC)OC(=O)CCCCCCCCCCCCC. The number of phosphoric ester groups is 1. The number of nitrogens with zero attached hydrogens (tertiary/aromatic N) is 1. The van der Waals surface area contributed by atoms with Gasteiger partial charge in [0.1, 0.15) is 19.3 Å². The van der Waals surface area contributed by atoms with E-state index in [1.165, 1.54) is 148 Å². The molecule has 0 spiro atoms. The molecule has 0 aliphatic carbocycles. The van der Waals surface area contributed by atoms with Crippen molar-refractivity contribution < 1.29 is 37.3 Å². The number of rotatable bonds is 52. The molecule has 1 N–H and O–H groups in total. The van der Waals surface area contributed by atoms with Crippen LogP contribution in [-0.2, 0) is 27.9 Å². The van der Waals surface area contributed by atoms with E-state index in [4.69, 9.17) is 13.8 Å². The average molecular weight is 992 g/mol. The summed E-state index contributed by atoms with van der Waals surface area (Å²) in [7, 11) is 1.18. The summed E-state index contributed by atoms with van der Waals surface area (Å²) in [5.74, 6) is -0.545. The quantitative estimate of drug-likeness (QED) is 0.0212. The number of carbonyl (C=O) groups is 2. The lowest BCUT2D eigenvalue weighted by molar-refractivity contribution is -0.870. The van der Waals surface area contributed by atoms with E-state index in [1.54, 1.807) is 0 Å². The number of phosphoric acid groups is 1. The topological polar surface area (TPSA) is 114 Å². The molecule has 0 rings (SSSR count). The van der Waals surface area contributed by atoms with Crippen LogP contribution in [0.3, 0.4) is 0 Å². The summed E-state index contributed by atoms with van der Waals surface area (Å²) in [5, 5.41) is 3.02. The number of quaternary nitrogens is 1. The molecule has 404 valence electrons. The Morgan fingerprint density at radius 2 is 0.884 bits per heavy atom. The van der Waals surface area contributed by atoms with E-state index < -0.39 is 20.0 Å². The summed E-state index contributed by atoms with van der Waals surface area (Å²) >= 11 is 0. The molecule has 0 radical (unpaired) electrons. The highest BCUT2D eigenvalue weighted by atomic mass is 31.2. The van der Waals surface area contributed by atoms with Crippen LogP contribution in [0.5, 0.6) is 0 Å². The fourth-order valence-electron chi connectivity index (χ4n) is 8.23. The second kappa shape index (κ2) is 49.5. The maximum Gasteiger partial charge on any atom is 0.306 e. The number of hydrogen-bond acceptors (Lipinski definition) is 7. The minimum Gasteiger partial charge on any atom is -0.756 e. The van der Waals surface area contributed by atoms with E-state index in [2.05, 4.69) is 62.5 Å². The van der Waals surface area contributed by atoms with Crippen molar-refractivity contribution in [3.8, 4) is 0 Å². The first-order valence-electron chi connectivity index (χ1n) is 28.9. The predicted molar refractivity (Wildman–Crippen MR) is 293 cm³/mol. The Labute approximate surface area is 427 Å². The van der Waals surface area contributed by atoms with Crippen LogP contribution in [0.4, 0.5) is 0 Å². The van der Waals surface area contributed by atoms with Gasteiger partial charge in [-0.1, -0.05) is 230 Å². The zero-order chi connectivity index (χ0) is 50.8. The van der Waals surface area contributed by atoms with Gasteiger partial charge >= 0.3 is 5.97 Å². The zero-order valence-electron chi connectivity index (χ0n) is 46.0. The van der Waals surface area contributed by atoms with Gasteiger partial charge in [0.05, 0.1) is 33.8 Å². The molecule has 0 bridgehead atoms. The Kier molecular flexibility index (Phi) is 48.1. The predicted octanol–water partition coefficient (Wildman–Crippen LogP) is 16.7. The number of unbranched alkanes of at least 4 members (excludes halogenated alkanes) is 30. The van der Waals surface area contributed by atoms with E-state index in [0.717, 1.165) is 83.5 Å². The first kappa shape index (κ1) is 67.0. The minimum absolute atomic E-state index is 0.0232. The fourth-order valence-corrected chi connectivity index (χ4v) is 8.96. The van der Waals surface area contributed by atoms with E-state index in [-0.39, 0.29) is 31.5 Å². The standard InChI is InChI=1S/C59H111N2O7P/c1-7-10-13-16-19-22-25-26-27-28-29-30-31-32-33-34-37-39-42-45-48-51-58(62)60-56(55-67-69(64,65)66-54-53-61(4,5)6)57(50-47-44-41-38-35-23-20-17-14-11-8-2)68-59(63)52-49-46-43-40-36-24-21-18-15-12-9-3/h19,22,26-27,29-30,47,50,56-57H,7-18,20-21,23-25,28,31-46,48-49,51-55H2,1-6H3,(H-,60,62,64,65)/b22-19-,27-26-,30-29-,50-47-. The summed E-state index contributed by atoms with van der Waals surface area (Å²) in [6.07, 6.45) is 59.3. The van der Waals surface area contributed by atoms with Gasteiger partial charge < -0.3 is 28.5 Å². The third kappa shape index (κ3) is 50.7. The van der Waals surface area contributed by atoms with Gasteiger partial charge in [-0.2, -0.15) is 0 Å². The Bertz CT molecular complexity index is 1330. The molecule has 9 nitrogen and oxygen atoms in total. The fraction of sp³-hybridized carbons (Fsp3) is 0.831. The molecule has 0 aliphatic rings. The van der Waals surface area contributed by atoms with Gasteiger partial charge in [-0.3, -0.25) is 14.2 Å². The van der Waals surface area contributed by atoms with Gasteiger partial charge in [0.25, 0.3) is 7.82 Å². The summed E-state index contributed by atoms with van der Waals surface area (Å²) in [4.78, 5) is 39.8. The number of nitrogens with one attached hydrogen (secondary N) is 1. The molecule has 0 fully saturated rings. The minimum atomic E-state index is -4.69. The molecule has 69 heavy (non-hydrogen) atoms. The maximum absolute atomic E-state index is 13.5. The van der Waals surface area contributed by atoms with Crippen molar-refractivity contribution in [1.29, 1.82) is 0 Å². The number of likely N-dealkylation sites (N-methyl/N-ethyl adjacent to an activating group) is 1. The lowest BCUT2D eigenvalue weighted by Gasteiger charge is -2.30.